The van der Waals surface area contributed by atoms with Crippen molar-refractivity contribution in [2.24, 2.45) is 5.92 Å². The second-order valence-electron chi connectivity index (χ2n) is 6.11. The molecule has 3 nitrogen and oxygen atoms in total. The fraction of sp³-hybridized carbons (Fsp3) is 0.250. The topological polar surface area (TPSA) is 34.2 Å². The first-order valence-corrected chi connectivity index (χ1v) is 8.14. The first kappa shape index (κ1) is 14.2. The highest BCUT2D eigenvalue weighted by molar-refractivity contribution is 5.81. The van der Waals surface area contributed by atoms with Crippen LogP contribution in [0.4, 0.5) is 0 Å². The number of aromatic nitrogens is 1. The quantitative estimate of drug-likeness (QED) is 0.800. The molecule has 0 saturated heterocycles. The Labute approximate surface area is 136 Å². The Morgan fingerprint density at radius 2 is 1.96 bits per heavy atom. The molecule has 1 N–H and O–H groups in total. The van der Waals surface area contributed by atoms with Crippen molar-refractivity contribution in [2.45, 2.75) is 13.0 Å². The summed E-state index contributed by atoms with van der Waals surface area (Å²) in [5, 5.41) is 4.77. The molecule has 0 radical (unpaired) electrons. The SMILES string of the molecule is c1ccc2c(c1)CC(CNCc1cccc3cccnc13)CO2. The van der Waals surface area contributed by atoms with Crippen molar-refractivity contribution < 1.29 is 4.74 Å². The van der Waals surface area contributed by atoms with Crippen LogP contribution in [0.3, 0.4) is 0 Å². The van der Waals surface area contributed by atoms with Crippen molar-refractivity contribution in [3.63, 3.8) is 0 Å². The van der Waals surface area contributed by atoms with Crippen LogP contribution in [0.25, 0.3) is 10.9 Å². The van der Waals surface area contributed by atoms with Crippen molar-refractivity contribution in [1.29, 1.82) is 0 Å². The number of hydrogen-bond acceptors (Lipinski definition) is 3. The molecule has 1 unspecified atom stereocenters. The van der Waals surface area contributed by atoms with E-state index < -0.39 is 0 Å². The maximum Gasteiger partial charge on any atom is 0.122 e. The summed E-state index contributed by atoms with van der Waals surface area (Å²) < 4.78 is 5.86. The van der Waals surface area contributed by atoms with E-state index in [1.807, 2.05) is 18.3 Å². The second kappa shape index (κ2) is 6.39. The van der Waals surface area contributed by atoms with Crippen molar-refractivity contribution in [3.05, 3.63) is 71.9 Å². The number of nitrogens with one attached hydrogen (secondary N) is 1. The molecule has 1 aliphatic rings. The summed E-state index contributed by atoms with van der Waals surface area (Å²) in [5.41, 5.74) is 3.66. The summed E-state index contributed by atoms with van der Waals surface area (Å²) in [4.78, 5) is 4.51. The molecule has 0 bridgehead atoms. The average molecular weight is 304 g/mol. The normalized spacial score (nSPS) is 16.8. The van der Waals surface area contributed by atoms with Crippen LogP contribution in [0.5, 0.6) is 5.75 Å². The fourth-order valence-corrected chi connectivity index (χ4v) is 3.24. The highest BCUT2D eigenvalue weighted by Crippen LogP contribution is 2.26. The zero-order chi connectivity index (χ0) is 15.5. The summed E-state index contributed by atoms with van der Waals surface area (Å²) >= 11 is 0. The molecular formula is C20H20N2O. The van der Waals surface area contributed by atoms with Gasteiger partial charge in [0, 0.05) is 30.6 Å². The lowest BCUT2D eigenvalue weighted by molar-refractivity contribution is 0.218. The number of fused-ring (bicyclic) bond motifs is 2. The third-order valence-corrected chi connectivity index (χ3v) is 4.42. The number of ether oxygens (including phenoxy) is 1. The highest BCUT2D eigenvalue weighted by Gasteiger charge is 2.18. The van der Waals surface area contributed by atoms with E-state index in [0.29, 0.717) is 5.92 Å². The summed E-state index contributed by atoms with van der Waals surface area (Å²) in [6.45, 7) is 2.59. The molecule has 0 amide bonds. The number of benzene rings is 2. The third-order valence-electron chi connectivity index (χ3n) is 4.42. The van der Waals surface area contributed by atoms with Crippen molar-refractivity contribution >= 4 is 10.9 Å². The summed E-state index contributed by atoms with van der Waals surface area (Å²) in [6.07, 6.45) is 2.94. The zero-order valence-electron chi connectivity index (χ0n) is 13.0. The predicted molar refractivity (Wildman–Crippen MR) is 92.6 cm³/mol. The first-order valence-electron chi connectivity index (χ1n) is 8.14. The van der Waals surface area contributed by atoms with Crippen molar-refractivity contribution in [1.82, 2.24) is 10.3 Å². The summed E-state index contributed by atoms with van der Waals surface area (Å²) in [6, 6.07) is 18.8. The van der Waals surface area contributed by atoms with Crippen LogP contribution >= 0.6 is 0 Å². The van der Waals surface area contributed by atoms with Gasteiger partial charge in [0.25, 0.3) is 0 Å². The number of rotatable bonds is 4. The Kier molecular flexibility index (Phi) is 3.95. The van der Waals surface area contributed by atoms with E-state index in [0.717, 1.165) is 37.4 Å². The van der Waals surface area contributed by atoms with Gasteiger partial charge in [-0.15, -0.1) is 0 Å². The van der Waals surface area contributed by atoms with Gasteiger partial charge in [-0.2, -0.15) is 0 Å². The van der Waals surface area contributed by atoms with Gasteiger partial charge < -0.3 is 10.1 Å². The van der Waals surface area contributed by atoms with E-state index in [1.54, 1.807) is 0 Å². The molecule has 3 heteroatoms. The number of nitrogens with zero attached hydrogens (tertiary/aromatic N) is 1. The molecule has 3 aromatic rings. The van der Waals surface area contributed by atoms with E-state index in [9.17, 15) is 0 Å². The van der Waals surface area contributed by atoms with Crippen molar-refractivity contribution in [2.75, 3.05) is 13.2 Å². The average Bonchev–Trinajstić information content (AvgIpc) is 2.62. The molecule has 1 aromatic heterocycles. The highest BCUT2D eigenvalue weighted by atomic mass is 16.5. The molecule has 1 aliphatic heterocycles. The molecule has 0 fully saturated rings. The van der Waals surface area contributed by atoms with Crippen LogP contribution in [0.2, 0.25) is 0 Å². The molecule has 4 rings (SSSR count). The van der Waals surface area contributed by atoms with Crippen LogP contribution in [0, 0.1) is 5.92 Å². The van der Waals surface area contributed by atoms with E-state index in [-0.39, 0.29) is 0 Å². The summed E-state index contributed by atoms with van der Waals surface area (Å²) in [5.74, 6) is 1.56. The number of hydrogen-bond donors (Lipinski definition) is 1. The second-order valence-corrected chi connectivity index (χ2v) is 6.11. The zero-order valence-corrected chi connectivity index (χ0v) is 13.0. The van der Waals surface area contributed by atoms with Gasteiger partial charge in [-0.3, -0.25) is 4.98 Å². The van der Waals surface area contributed by atoms with Gasteiger partial charge in [-0.1, -0.05) is 42.5 Å². The van der Waals surface area contributed by atoms with Gasteiger partial charge in [0.2, 0.25) is 0 Å². The molecule has 1 atom stereocenters. The van der Waals surface area contributed by atoms with Gasteiger partial charge in [0.1, 0.15) is 5.75 Å². The molecule has 2 heterocycles. The first-order chi connectivity index (χ1) is 11.4. The van der Waals surface area contributed by atoms with Gasteiger partial charge in [-0.25, -0.2) is 0 Å². The Morgan fingerprint density at radius 3 is 2.96 bits per heavy atom. The van der Waals surface area contributed by atoms with Crippen LogP contribution in [-0.2, 0) is 13.0 Å². The van der Waals surface area contributed by atoms with Crippen molar-refractivity contribution in [3.8, 4) is 5.75 Å². The monoisotopic (exact) mass is 304 g/mol. The lowest BCUT2D eigenvalue weighted by Gasteiger charge is -2.25. The van der Waals surface area contributed by atoms with E-state index in [2.05, 4.69) is 52.8 Å². The molecule has 0 aliphatic carbocycles. The molecular weight excluding hydrogens is 284 g/mol. The molecule has 116 valence electrons. The maximum absolute atomic E-state index is 5.86. The van der Waals surface area contributed by atoms with E-state index in [4.69, 9.17) is 4.74 Å². The Bertz CT molecular complexity index is 810. The number of pyridine rings is 1. The molecule has 0 saturated carbocycles. The molecule has 23 heavy (non-hydrogen) atoms. The molecule has 2 aromatic carbocycles. The standard InChI is InChI=1S/C20H20N2O/c1-2-9-19-17(5-1)11-15(14-23-19)12-21-13-18-7-3-6-16-8-4-10-22-20(16)18/h1-10,15,21H,11-14H2. The minimum Gasteiger partial charge on any atom is -0.493 e. The largest absolute Gasteiger partial charge is 0.493 e. The minimum atomic E-state index is 0.521. The molecule has 0 spiro atoms. The van der Waals surface area contributed by atoms with Gasteiger partial charge >= 0.3 is 0 Å². The van der Waals surface area contributed by atoms with Crippen LogP contribution in [0.1, 0.15) is 11.1 Å². The minimum absolute atomic E-state index is 0.521. The maximum atomic E-state index is 5.86. The Balaban J connectivity index is 1.39. The Morgan fingerprint density at radius 1 is 1.04 bits per heavy atom. The van der Waals surface area contributed by atoms with Gasteiger partial charge in [0.15, 0.2) is 0 Å². The van der Waals surface area contributed by atoms with Gasteiger partial charge in [0.05, 0.1) is 12.1 Å². The predicted octanol–water partition coefficient (Wildman–Crippen LogP) is 3.58. The van der Waals surface area contributed by atoms with E-state index >= 15 is 0 Å². The Hall–Kier alpha value is -2.39. The van der Waals surface area contributed by atoms with E-state index in [1.165, 1.54) is 16.5 Å². The lowest BCUT2D eigenvalue weighted by Crippen LogP contribution is -2.31. The number of para-hydroxylation sites is 2. The van der Waals surface area contributed by atoms with Crippen LogP contribution in [-0.4, -0.2) is 18.1 Å². The van der Waals surface area contributed by atoms with Gasteiger partial charge in [-0.05, 0) is 29.7 Å². The summed E-state index contributed by atoms with van der Waals surface area (Å²) in [7, 11) is 0. The third kappa shape index (κ3) is 3.06. The van der Waals surface area contributed by atoms with Crippen LogP contribution in [0.15, 0.2) is 60.8 Å². The van der Waals surface area contributed by atoms with Crippen LogP contribution < -0.4 is 10.1 Å². The fourth-order valence-electron chi connectivity index (χ4n) is 3.24. The smallest absolute Gasteiger partial charge is 0.122 e. The lowest BCUT2D eigenvalue weighted by atomic mass is 9.96.